The van der Waals surface area contributed by atoms with Crippen LogP contribution in [0, 0.1) is 0 Å². The Labute approximate surface area is 127 Å². The van der Waals surface area contributed by atoms with Crippen molar-refractivity contribution >= 4 is 24.8 Å². The molecule has 1 heterocycles. The number of fused-ring (bicyclic) bond motifs is 1. The molecule has 2 N–H and O–H groups in total. The third-order valence-electron chi connectivity index (χ3n) is 4.04. The largest absolute Gasteiger partial charge is 0.391 e. The molecule has 0 saturated carbocycles. The molecule has 1 aliphatic heterocycles. The van der Waals surface area contributed by atoms with Gasteiger partial charge in [0, 0.05) is 38.6 Å². The van der Waals surface area contributed by atoms with Crippen molar-refractivity contribution in [3.63, 3.8) is 0 Å². The second kappa shape index (κ2) is 7.46. The average Bonchev–Trinajstić information content (AvgIpc) is 2.39. The number of hydrogen-bond donors (Lipinski definition) is 2. The second-order valence-electron chi connectivity index (χ2n) is 5.10. The van der Waals surface area contributed by atoms with E-state index in [1.807, 2.05) is 0 Å². The standard InChI is InChI=1S/C14H20N2O.2ClH/c17-14-10-12-4-2-1-3-11(12)9-13(14)16-7-5-15-6-8-16;;/h1-4,13-15,17H,5-10H2;2*1H. The molecule has 1 aliphatic carbocycles. The highest BCUT2D eigenvalue weighted by Crippen LogP contribution is 2.25. The maximum absolute atomic E-state index is 10.3. The number of halogens is 2. The molecule has 3 nitrogen and oxygen atoms in total. The molecule has 3 rings (SSSR count). The molecule has 0 bridgehead atoms. The third-order valence-corrected chi connectivity index (χ3v) is 4.04. The van der Waals surface area contributed by atoms with E-state index >= 15 is 0 Å². The van der Waals surface area contributed by atoms with Crippen molar-refractivity contribution < 1.29 is 5.11 Å². The topological polar surface area (TPSA) is 35.5 Å². The van der Waals surface area contributed by atoms with Gasteiger partial charge in [-0.2, -0.15) is 0 Å². The number of benzene rings is 1. The number of aliphatic hydroxyl groups excluding tert-OH is 1. The Hall–Kier alpha value is -0.320. The predicted molar refractivity (Wildman–Crippen MR) is 82.6 cm³/mol. The maximum Gasteiger partial charge on any atom is 0.0739 e. The maximum atomic E-state index is 10.3. The summed E-state index contributed by atoms with van der Waals surface area (Å²) in [6.07, 6.45) is 1.60. The SMILES string of the molecule is Cl.Cl.OC1Cc2ccccc2CC1N1CCNCC1. The van der Waals surface area contributed by atoms with Crippen LogP contribution >= 0.6 is 24.8 Å². The fraction of sp³-hybridized carbons (Fsp3) is 0.571. The first-order valence-corrected chi connectivity index (χ1v) is 6.54. The van der Waals surface area contributed by atoms with Crippen LogP contribution in [0.15, 0.2) is 24.3 Å². The third kappa shape index (κ3) is 3.61. The number of nitrogens with zero attached hydrogens (tertiary/aromatic N) is 1. The van der Waals surface area contributed by atoms with Crippen molar-refractivity contribution in [2.75, 3.05) is 26.2 Å². The van der Waals surface area contributed by atoms with Gasteiger partial charge in [0.25, 0.3) is 0 Å². The minimum Gasteiger partial charge on any atom is -0.391 e. The lowest BCUT2D eigenvalue weighted by molar-refractivity contribution is 0.0362. The van der Waals surface area contributed by atoms with Gasteiger partial charge in [-0.3, -0.25) is 4.90 Å². The monoisotopic (exact) mass is 304 g/mol. The van der Waals surface area contributed by atoms with Crippen molar-refractivity contribution in [1.29, 1.82) is 0 Å². The summed E-state index contributed by atoms with van der Waals surface area (Å²) in [6, 6.07) is 8.83. The number of aliphatic hydroxyl groups is 1. The van der Waals surface area contributed by atoms with Gasteiger partial charge in [-0.1, -0.05) is 24.3 Å². The first-order chi connectivity index (χ1) is 8.34. The van der Waals surface area contributed by atoms with E-state index in [0.29, 0.717) is 6.04 Å². The minimum absolute atomic E-state index is 0. The fourth-order valence-electron chi connectivity index (χ4n) is 3.06. The Morgan fingerprint density at radius 1 is 1.00 bits per heavy atom. The summed E-state index contributed by atoms with van der Waals surface area (Å²) < 4.78 is 0. The van der Waals surface area contributed by atoms with Crippen LogP contribution in [-0.2, 0) is 12.8 Å². The summed E-state index contributed by atoms with van der Waals surface area (Å²) >= 11 is 0. The van der Waals surface area contributed by atoms with Crippen LogP contribution in [0.4, 0.5) is 0 Å². The van der Waals surface area contributed by atoms with E-state index in [-0.39, 0.29) is 30.9 Å². The minimum atomic E-state index is -0.206. The molecule has 2 unspecified atom stereocenters. The molecule has 0 aromatic heterocycles. The predicted octanol–water partition coefficient (Wildman–Crippen LogP) is 1.26. The quantitative estimate of drug-likeness (QED) is 0.820. The Balaban J connectivity index is 0.000000902. The molecule has 19 heavy (non-hydrogen) atoms. The molecule has 1 saturated heterocycles. The van der Waals surface area contributed by atoms with Gasteiger partial charge in [0.05, 0.1) is 6.10 Å². The van der Waals surface area contributed by atoms with Crippen LogP contribution in [0.5, 0.6) is 0 Å². The van der Waals surface area contributed by atoms with Gasteiger partial charge < -0.3 is 10.4 Å². The Kier molecular flexibility index (Phi) is 6.57. The molecule has 108 valence electrons. The Bertz CT molecular complexity index is 397. The molecular formula is C14H22Cl2N2O. The van der Waals surface area contributed by atoms with E-state index in [1.165, 1.54) is 11.1 Å². The van der Waals surface area contributed by atoms with Crippen LogP contribution in [-0.4, -0.2) is 48.3 Å². The Morgan fingerprint density at radius 2 is 1.58 bits per heavy atom. The van der Waals surface area contributed by atoms with E-state index in [9.17, 15) is 5.11 Å². The molecular weight excluding hydrogens is 283 g/mol. The molecule has 0 spiro atoms. The number of piperazine rings is 1. The van der Waals surface area contributed by atoms with Crippen molar-refractivity contribution in [3.8, 4) is 0 Å². The fourth-order valence-corrected chi connectivity index (χ4v) is 3.06. The first kappa shape index (κ1) is 16.7. The highest BCUT2D eigenvalue weighted by molar-refractivity contribution is 5.85. The highest BCUT2D eigenvalue weighted by atomic mass is 35.5. The molecule has 1 aromatic rings. The van der Waals surface area contributed by atoms with E-state index < -0.39 is 0 Å². The van der Waals surface area contributed by atoms with Gasteiger partial charge in [-0.05, 0) is 17.5 Å². The van der Waals surface area contributed by atoms with Gasteiger partial charge in [-0.25, -0.2) is 0 Å². The summed E-state index contributed by atoms with van der Waals surface area (Å²) in [5, 5.41) is 13.7. The normalized spacial score (nSPS) is 26.8. The smallest absolute Gasteiger partial charge is 0.0739 e. The zero-order valence-electron chi connectivity index (χ0n) is 10.9. The van der Waals surface area contributed by atoms with E-state index in [1.54, 1.807) is 0 Å². The number of rotatable bonds is 1. The van der Waals surface area contributed by atoms with Crippen molar-refractivity contribution in [2.45, 2.75) is 25.0 Å². The van der Waals surface area contributed by atoms with E-state index in [0.717, 1.165) is 39.0 Å². The van der Waals surface area contributed by atoms with Crippen LogP contribution in [0.3, 0.4) is 0 Å². The molecule has 0 amide bonds. The van der Waals surface area contributed by atoms with Crippen LogP contribution < -0.4 is 5.32 Å². The first-order valence-electron chi connectivity index (χ1n) is 6.54. The summed E-state index contributed by atoms with van der Waals surface area (Å²) in [6.45, 7) is 4.21. The summed E-state index contributed by atoms with van der Waals surface area (Å²) in [5.74, 6) is 0. The van der Waals surface area contributed by atoms with Gasteiger partial charge in [0.1, 0.15) is 0 Å². The van der Waals surface area contributed by atoms with E-state index in [4.69, 9.17) is 0 Å². The van der Waals surface area contributed by atoms with Crippen LogP contribution in [0.1, 0.15) is 11.1 Å². The van der Waals surface area contributed by atoms with E-state index in [2.05, 4.69) is 34.5 Å². The molecule has 2 aliphatic rings. The zero-order valence-corrected chi connectivity index (χ0v) is 12.6. The van der Waals surface area contributed by atoms with Crippen LogP contribution in [0.2, 0.25) is 0 Å². The van der Waals surface area contributed by atoms with Gasteiger partial charge in [-0.15, -0.1) is 24.8 Å². The molecule has 5 heteroatoms. The number of hydrogen-bond acceptors (Lipinski definition) is 3. The second-order valence-corrected chi connectivity index (χ2v) is 5.10. The van der Waals surface area contributed by atoms with Crippen LogP contribution in [0.25, 0.3) is 0 Å². The van der Waals surface area contributed by atoms with Gasteiger partial charge >= 0.3 is 0 Å². The molecule has 1 aromatic carbocycles. The number of nitrogens with one attached hydrogen (secondary N) is 1. The molecule has 1 fully saturated rings. The summed E-state index contributed by atoms with van der Waals surface area (Å²) in [4.78, 5) is 2.44. The summed E-state index contributed by atoms with van der Waals surface area (Å²) in [7, 11) is 0. The summed E-state index contributed by atoms with van der Waals surface area (Å²) in [5.41, 5.74) is 2.74. The molecule has 0 radical (unpaired) electrons. The van der Waals surface area contributed by atoms with Crippen molar-refractivity contribution in [1.82, 2.24) is 10.2 Å². The lowest BCUT2D eigenvalue weighted by Crippen LogP contribution is -2.54. The van der Waals surface area contributed by atoms with Crippen molar-refractivity contribution in [2.24, 2.45) is 0 Å². The zero-order chi connectivity index (χ0) is 11.7. The van der Waals surface area contributed by atoms with Gasteiger partial charge in [0.15, 0.2) is 0 Å². The van der Waals surface area contributed by atoms with Crippen molar-refractivity contribution in [3.05, 3.63) is 35.4 Å². The lowest BCUT2D eigenvalue weighted by atomic mass is 9.85. The van der Waals surface area contributed by atoms with Gasteiger partial charge in [0.2, 0.25) is 0 Å². The molecule has 2 atom stereocenters. The highest BCUT2D eigenvalue weighted by Gasteiger charge is 2.31. The average molecular weight is 305 g/mol. The lowest BCUT2D eigenvalue weighted by Gasteiger charge is -2.40. The Morgan fingerprint density at radius 3 is 2.21 bits per heavy atom.